The Balaban J connectivity index is 2.84. The fraction of sp³-hybridized carbons (Fsp3) is 0.364. The van der Waals surface area contributed by atoms with Gasteiger partial charge in [-0.2, -0.15) is 13.2 Å². The van der Waals surface area contributed by atoms with Crippen LogP contribution in [0, 0.1) is 0 Å². The molecule has 100 valence electrons. The van der Waals surface area contributed by atoms with E-state index in [1.807, 2.05) is 0 Å². The lowest BCUT2D eigenvalue weighted by Gasteiger charge is -2.26. The van der Waals surface area contributed by atoms with E-state index in [9.17, 15) is 18.0 Å². The fourth-order valence-electron chi connectivity index (χ4n) is 1.14. The average molecular weight is 283 g/mol. The molecule has 0 aliphatic rings. The van der Waals surface area contributed by atoms with Crippen LogP contribution in [0.5, 0.6) is 0 Å². The molecule has 0 aliphatic heterocycles. The highest BCUT2D eigenvalue weighted by molar-refractivity contribution is 6.33. The number of methoxy groups -OCH3 is 1. The predicted octanol–water partition coefficient (Wildman–Crippen LogP) is 2.87. The molecule has 0 radical (unpaired) electrons. The Morgan fingerprint density at radius 3 is 2.28 bits per heavy atom. The van der Waals surface area contributed by atoms with Gasteiger partial charge < -0.3 is 9.47 Å². The maximum Gasteiger partial charge on any atom is 0.443 e. The van der Waals surface area contributed by atoms with Crippen molar-refractivity contribution in [3.63, 3.8) is 0 Å². The number of benzene rings is 1. The minimum absolute atomic E-state index is 0.454. The molecule has 1 aromatic carbocycles. The molecule has 18 heavy (non-hydrogen) atoms. The van der Waals surface area contributed by atoms with E-state index in [1.54, 1.807) is 30.3 Å². The zero-order valence-corrected chi connectivity index (χ0v) is 10.1. The highest BCUT2D eigenvalue weighted by Crippen LogP contribution is 2.39. The van der Waals surface area contributed by atoms with E-state index >= 15 is 0 Å². The summed E-state index contributed by atoms with van der Waals surface area (Å²) in [6.07, 6.45) is -5.07. The van der Waals surface area contributed by atoms with Gasteiger partial charge >= 0.3 is 17.2 Å². The topological polar surface area (TPSA) is 35.5 Å². The predicted molar refractivity (Wildman–Crippen MR) is 57.9 cm³/mol. The monoisotopic (exact) mass is 282 g/mol. The summed E-state index contributed by atoms with van der Waals surface area (Å²) in [6.45, 7) is -0.459. The molecule has 0 N–H and O–H groups in total. The molecular formula is C11H10ClF3O3. The highest BCUT2D eigenvalue weighted by atomic mass is 35.5. The van der Waals surface area contributed by atoms with E-state index < -0.39 is 23.8 Å². The highest BCUT2D eigenvalue weighted by Gasteiger charge is 2.62. The van der Waals surface area contributed by atoms with E-state index in [-0.39, 0.29) is 0 Å². The second-order valence-corrected chi connectivity index (χ2v) is 3.89. The van der Waals surface area contributed by atoms with Gasteiger partial charge in [-0.1, -0.05) is 41.9 Å². The largest absolute Gasteiger partial charge is 0.466 e. The standard InChI is InChI=1S/C11H10ClF3O3/c1-17-9(16)10(12,11(13,14)15)18-7-8-5-3-2-4-6-8/h2-6H,7H2,1H3. The molecule has 0 spiro atoms. The summed E-state index contributed by atoms with van der Waals surface area (Å²) < 4.78 is 46.6. The fourth-order valence-corrected chi connectivity index (χ4v) is 1.28. The van der Waals surface area contributed by atoms with E-state index in [1.165, 1.54) is 0 Å². The van der Waals surface area contributed by atoms with Crippen molar-refractivity contribution >= 4 is 17.6 Å². The van der Waals surface area contributed by atoms with Crippen molar-refractivity contribution in [1.29, 1.82) is 0 Å². The van der Waals surface area contributed by atoms with Gasteiger partial charge in [0, 0.05) is 0 Å². The summed E-state index contributed by atoms with van der Waals surface area (Å²) in [6, 6.07) is 8.04. The Labute approximate surface area is 106 Å². The van der Waals surface area contributed by atoms with Crippen LogP contribution in [0.25, 0.3) is 0 Å². The third kappa shape index (κ3) is 3.14. The van der Waals surface area contributed by atoms with Gasteiger partial charge in [-0.3, -0.25) is 0 Å². The Morgan fingerprint density at radius 2 is 1.83 bits per heavy atom. The molecule has 0 aliphatic carbocycles. The Morgan fingerprint density at radius 1 is 1.28 bits per heavy atom. The van der Waals surface area contributed by atoms with Crippen LogP contribution in [-0.4, -0.2) is 24.3 Å². The Kier molecular flexibility index (Phi) is 4.59. The molecule has 1 rings (SSSR count). The number of rotatable bonds is 4. The number of hydrogen-bond acceptors (Lipinski definition) is 3. The molecule has 0 heterocycles. The molecular weight excluding hydrogens is 273 g/mol. The number of ether oxygens (including phenoxy) is 2. The normalized spacial score (nSPS) is 14.9. The first-order chi connectivity index (χ1) is 8.31. The number of carbonyl (C=O) groups is 1. The number of halogens is 4. The van der Waals surface area contributed by atoms with Crippen molar-refractivity contribution < 1.29 is 27.4 Å². The summed E-state index contributed by atoms with van der Waals surface area (Å²) in [4.78, 5) is 11.1. The Hall–Kier alpha value is -1.27. The molecule has 0 saturated carbocycles. The van der Waals surface area contributed by atoms with Gasteiger partial charge in [0.25, 0.3) is 0 Å². The minimum atomic E-state index is -5.07. The third-order valence-electron chi connectivity index (χ3n) is 2.09. The van der Waals surface area contributed by atoms with Crippen LogP contribution in [0.3, 0.4) is 0 Å². The number of alkyl halides is 4. The van der Waals surface area contributed by atoms with Crippen LogP contribution in [-0.2, 0) is 20.9 Å². The maximum atomic E-state index is 12.7. The summed E-state index contributed by atoms with van der Waals surface area (Å²) >= 11 is 5.19. The number of hydrogen-bond donors (Lipinski definition) is 0. The van der Waals surface area contributed by atoms with Crippen molar-refractivity contribution in [3.05, 3.63) is 35.9 Å². The lowest BCUT2D eigenvalue weighted by molar-refractivity contribution is -0.248. The zero-order valence-electron chi connectivity index (χ0n) is 9.33. The summed E-state index contributed by atoms with van der Waals surface area (Å²) in [7, 11) is 0.803. The lowest BCUT2D eigenvalue weighted by atomic mass is 10.2. The Bertz CT molecular complexity index is 408. The molecule has 1 aromatic rings. The van der Waals surface area contributed by atoms with Gasteiger partial charge in [-0.25, -0.2) is 4.79 Å². The quantitative estimate of drug-likeness (QED) is 0.629. The van der Waals surface area contributed by atoms with Gasteiger partial charge in [0.15, 0.2) is 0 Å². The summed E-state index contributed by atoms with van der Waals surface area (Å²) in [5, 5.41) is -3.49. The SMILES string of the molecule is COC(=O)C(Cl)(OCc1ccccc1)C(F)(F)F. The van der Waals surface area contributed by atoms with Crippen molar-refractivity contribution in [2.75, 3.05) is 7.11 Å². The second kappa shape index (κ2) is 5.58. The van der Waals surface area contributed by atoms with Gasteiger partial charge in [0.1, 0.15) is 0 Å². The van der Waals surface area contributed by atoms with Crippen molar-refractivity contribution in [2.45, 2.75) is 17.8 Å². The number of esters is 1. The lowest BCUT2D eigenvalue weighted by Crippen LogP contribution is -2.50. The molecule has 0 bridgehead atoms. The van der Waals surface area contributed by atoms with Crippen LogP contribution in [0.1, 0.15) is 5.56 Å². The van der Waals surface area contributed by atoms with Gasteiger partial charge in [0.2, 0.25) is 0 Å². The van der Waals surface area contributed by atoms with Crippen LogP contribution in [0.2, 0.25) is 0 Å². The van der Waals surface area contributed by atoms with Crippen LogP contribution in [0.15, 0.2) is 30.3 Å². The molecule has 0 amide bonds. The van der Waals surface area contributed by atoms with Gasteiger partial charge in [-0.05, 0) is 5.56 Å². The first kappa shape index (κ1) is 14.8. The first-order valence-corrected chi connectivity index (χ1v) is 5.21. The van der Waals surface area contributed by atoms with Gasteiger partial charge in [0.05, 0.1) is 13.7 Å². The maximum absolute atomic E-state index is 12.7. The smallest absolute Gasteiger partial charge is 0.443 e. The van der Waals surface area contributed by atoms with Crippen LogP contribution in [0.4, 0.5) is 13.2 Å². The van der Waals surface area contributed by atoms with Crippen molar-refractivity contribution in [1.82, 2.24) is 0 Å². The molecule has 1 unspecified atom stereocenters. The second-order valence-electron chi connectivity index (χ2n) is 3.36. The molecule has 0 aromatic heterocycles. The summed E-state index contributed by atoms with van der Waals surface area (Å²) in [5.74, 6) is -1.70. The first-order valence-electron chi connectivity index (χ1n) is 4.83. The zero-order chi connectivity index (χ0) is 13.8. The van der Waals surface area contributed by atoms with Crippen molar-refractivity contribution in [3.8, 4) is 0 Å². The molecule has 1 atom stereocenters. The van der Waals surface area contributed by atoms with E-state index in [4.69, 9.17) is 11.6 Å². The minimum Gasteiger partial charge on any atom is -0.466 e. The molecule has 3 nitrogen and oxygen atoms in total. The van der Waals surface area contributed by atoms with E-state index in [0.29, 0.717) is 5.56 Å². The van der Waals surface area contributed by atoms with Crippen molar-refractivity contribution in [2.24, 2.45) is 0 Å². The summed E-state index contributed by atoms with van der Waals surface area (Å²) in [5.41, 5.74) is 0.454. The van der Waals surface area contributed by atoms with E-state index in [2.05, 4.69) is 9.47 Å². The molecule has 0 saturated heterocycles. The van der Waals surface area contributed by atoms with Crippen LogP contribution < -0.4 is 0 Å². The average Bonchev–Trinajstić information content (AvgIpc) is 2.34. The van der Waals surface area contributed by atoms with E-state index in [0.717, 1.165) is 7.11 Å². The molecule has 0 fully saturated rings. The molecule has 7 heteroatoms. The number of carbonyl (C=O) groups excluding carboxylic acids is 1. The third-order valence-corrected chi connectivity index (χ3v) is 2.57. The van der Waals surface area contributed by atoms with Crippen LogP contribution >= 0.6 is 11.6 Å². The van der Waals surface area contributed by atoms with Gasteiger partial charge in [-0.15, -0.1) is 0 Å².